The van der Waals surface area contributed by atoms with Crippen molar-refractivity contribution in [2.24, 2.45) is 0 Å². The lowest BCUT2D eigenvalue weighted by Gasteiger charge is -2.23. The Labute approximate surface area is 326 Å². The van der Waals surface area contributed by atoms with Crippen molar-refractivity contribution in [3.8, 4) is 22.6 Å². The highest BCUT2D eigenvalue weighted by Crippen LogP contribution is 2.28. The van der Waals surface area contributed by atoms with Crippen LogP contribution in [-0.2, 0) is 32.6 Å². The molecule has 2 amide bonds. The van der Waals surface area contributed by atoms with E-state index >= 15 is 0 Å². The Morgan fingerprint density at radius 2 is 1.39 bits per heavy atom. The number of alkyl carbamates (subject to hydrolysis) is 1. The summed E-state index contributed by atoms with van der Waals surface area (Å²) in [5, 5.41) is 17.2. The number of nitrogens with one attached hydrogen (secondary N) is 3. The van der Waals surface area contributed by atoms with Crippen molar-refractivity contribution < 1.29 is 37.1 Å². The van der Waals surface area contributed by atoms with Crippen LogP contribution in [0.5, 0.6) is 11.5 Å². The SMILES string of the molecule is Cc1ccc(-c2ccc(COc3ccc(C[C@H](NC(=O)OC(C)(C)C)C(=O)NS(=O)(=O)c4ccc(NCCOc5ccccc5)c([N+](=O)[O-])c4)cc3)cc2)cc1. The summed E-state index contributed by atoms with van der Waals surface area (Å²) in [4.78, 5) is 36.9. The van der Waals surface area contributed by atoms with Gasteiger partial charge in [0, 0.05) is 19.0 Å². The standard InChI is InChI=1S/C42H44N4O9S/c1-29-10-16-32(17-11-29)33-18-12-31(13-19-33)28-54-35-20-14-30(15-21-35)26-38(44-41(48)55-42(2,3)4)40(47)45-56(51,52)36-22-23-37(39(27-36)46(49)50)43-24-25-53-34-8-6-5-7-9-34/h5-23,27,38,43H,24-26,28H2,1-4H3,(H,44,48)(H,45,47)/t38-/m0/s1. The van der Waals surface area contributed by atoms with Crippen molar-refractivity contribution in [1.29, 1.82) is 0 Å². The molecule has 3 N–H and O–H groups in total. The largest absolute Gasteiger partial charge is 0.492 e. The van der Waals surface area contributed by atoms with Gasteiger partial charge in [0.1, 0.15) is 42.0 Å². The fourth-order valence-electron chi connectivity index (χ4n) is 5.44. The van der Waals surface area contributed by atoms with E-state index in [2.05, 4.69) is 34.9 Å². The second-order valence-electron chi connectivity index (χ2n) is 13.9. The molecule has 56 heavy (non-hydrogen) atoms. The summed E-state index contributed by atoms with van der Waals surface area (Å²) >= 11 is 0. The maximum Gasteiger partial charge on any atom is 0.408 e. The molecule has 5 rings (SSSR count). The molecule has 0 aliphatic rings. The Bertz CT molecular complexity index is 2220. The zero-order valence-corrected chi connectivity index (χ0v) is 32.3. The number of carbonyl (C=O) groups is 2. The summed E-state index contributed by atoms with van der Waals surface area (Å²) in [7, 11) is -4.63. The van der Waals surface area contributed by atoms with Gasteiger partial charge in [-0.25, -0.2) is 17.9 Å². The van der Waals surface area contributed by atoms with Crippen LogP contribution in [0.4, 0.5) is 16.2 Å². The molecule has 14 heteroatoms. The zero-order chi connectivity index (χ0) is 40.3. The second kappa shape index (κ2) is 18.3. The third kappa shape index (κ3) is 12.0. The number of anilines is 1. The van der Waals surface area contributed by atoms with Crippen molar-refractivity contribution in [3.05, 3.63) is 148 Å². The van der Waals surface area contributed by atoms with Crippen LogP contribution in [0.1, 0.15) is 37.5 Å². The first-order chi connectivity index (χ1) is 26.6. The number of amides is 2. The van der Waals surface area contributed by atoms with Gasteiger partial charge in [-0.3, -0.25) is 14.9 Å². The molecule has 0 heterocycles. The third-order valence-corrected chi connectivity index (χ3v) is 9.60. The number of benzene rings is 5. The first kappa shape index (κ1) is 40.8. The fraction of sp³-hybridized carbons (Fsp3) is 0.238. The third-order valence-electron chi connectivity index (χ3n) is 8.26. The van der Waals surface area contributed by atoms with Gasteiger partial charge < -0.3 is 24.8 Å². The molecule has 0 saturated carbocycles. The second-order valence-corrected chi connectivity index (χ2v) is 15.6. The number of nitrogens with zero attached hydrogens (tertiary/aromatic N) is 1. The molecule has 292 valence electrons. The van der Waals surface area contributed by atoms with Crippen LogP contribution in [0.2, 0.25) is 0 Å². The van der Waals surface area contributed by atoms with Crippen molar-refractivity contribution in [3.63, 3.8) is 0 Å². The number of hydrogen-bond donors (Lipinski definition) is 3. The van der Waals surface area contributed by atoms with E-state index in [1.807, 2.05) is 54.1 Å². The van der Waals surface area contributed by atoms with Crippen LogP contribution >= 0.6 is 0 Å². The number of para-hydroxylation sites is 1. The number of nitro groups is 1. The minimum atomic E-state index is -4.63. The van der Waals surface area contributed by atoms with E-state index in [4.69, 9.17) is 14.2 Å². The van der Waals surface area contributed by atoms with Gasteiger partial charge in [0.2, 0.25) is 0 Å². The molecule has 0 unspecified atom stereocenters. The number of rotatable bonds is 16. The number of hydrogen-bond acceptors (Lipinski definition) is 10. The van der Waals surface area contributed by atoms with E-state index in [1.165, 1.54) is 11.6 Å². The molecular weight excluding hydrogens is 737 g/mol. The average molecular weight is 781 g/mol. The summed E-state index contributed by atoms with van der Waals surface area (Å²) in [6, 6.07) is 34.0. The highest BCUT2D eigenvalue weighted by Gasteiger charge is 2.30. The molecule has 0 spiro atoms. The van der Waals surface area contributed by atoms with E-state index in [9.17, 15) is 28.1 Å². The van der Waals surface area contributed by atoms with Gasteiger partial charge >= 0.3 is 6.09 Å². The molecule has 0 radical (unpaired) electrons. The van der Waals surface area contributed by atoms with E-state index in [0.717, 1.165) is 28.8 Å². The Balaban J connectivity index is 1.23. The molecule has 5 aromatic carbocycles. The lowest BCUT2D eigenvalue weighted by Crippen LogP contribution is -2.50. The first-order valence-corrected chi connectivity index (χ1v) is 19.3. The van der Waals surface area contributed by atoms with Gasteiger partial charge in [0.15, 0.2) is 0 Å². The maximum absolute atomic E-state index is 13.5. The number of sulfonamides is 1. The summed E-state index contributed by atoms with van der Waals surface area (Å²) in [6.07, 6.45) is -1.05. The monoisotopic (exact) mass is 780 g/mol. The minimum absolute atomic E-state index is 0.0601. The van der Waals surface area contributed by atoms with Gasteiger partial charge in [-0.2, -0.15) is 0 Å². The van der Waals surface area contributed by atoms with Gasteiger partial charge in [0.05, 0.1) is 9.82 Å². The van der Waals surface area contributed by atoms with E-state index in [0.29, 0.717) is 23.7 Å². The minimum Gasteiger partial charge on any atom is -0.492 e. The van der Waals surface area contributed by atoms with Crippen LogP contribution in [0.15, 0.2) is 126 Å². The highest BCUT2D eigenvalue weighted by atomic mass is 32.2. The molecule has 13 nitrogen and oxygen atoms in total. The maximum atomic E-state index is 13.5. The first-order valence-electron chi connectivity index (χ1n) is 17.8. The Morgan fingerprint density at radius 1 is 0.786 bits per heavy atom. The van der Waals surface area contributed by atoms with Crippen LogP contribution in [-0.4, -0.2) is 50.1 Å². The van der Waals surface area contributed by atoms with E-state index in [1.54, 1.807) is 57.2 Å². The molecule has 0 aromatic heterocycles. The van der Waals surface area contributed by atoms with E-state index in [-0.39, 0.29) is 25.3 Å². The Kier molecular flexibility index (Phi) is 13.3. The lowest BCUT2D eigenvalue weighted by molar-refractivity contribution is -0.384. The predicted octanol–water partition coefficient (Wildman–Crippen LogP) is 7.58. The van der Waals surface area contributed by atoms with Gasteiger partial charge in [-0.05, 0) is 86.3 Å². The Hall–Kier alpha value is -6.41. The van der Waals surface area contributed by atoms with Crippen LogP contribution in [0.25, 0.3) is 11.1 Å². The van der Waals surface area contributed by atoms with Crippen LogP contribution in [0.3, 0.4) is 0 Å². The molecule has 0 bridgehead atoms. The summed E-state index contributed by atoms with van der Waals surface area (Å²) in [6.45, 7) is 7.66. The average Bonchev–Trinajstić information content (AvgIpc) is 3.16. The number of nitro benzene ring substituents is 1. The fourth-order valence-corrected chi connectivity index (χ4v) is 6.47. The molecule has 0 saturated heterocycles. The van der Waals surface area contributed by atoms with Gasteiger partial charge in [-0.1, -0.05) is 84.4 Å². The lowest BCUT2D eigenvalue weighted by atomic mass is 10.0. The Morgan fingerprint density at radius 3 is 2.02 bits per heavy atom. The van der Waals surface area contributed by atoms with Crippen molar-refractivity contribution >= 4 is 33.4 Å². The predicted molar refractivity (Wildman–Crippen MR) is 213 cm³/mol. The molecule has 0 aliphatic carbocycles. The number of ether oxygens (including phenoxy) is 3. The molecule has 1 atom stereocenters. The highest BCUT2D eigenvalue weighted by molar-refractivity contribution is 7.90. The van der Waals surface area contributed by atoms with Crippen LogP contribution < -0.4 is 24.8 Å². The quantitative estimate of drug-likeness (QED) is 0.0514. The van der Waals surface area contributed by atoms with Gasteiger partial charge in [-0.15, -0.1) is 0 Å². The van der Waals surface area contributed by atoms with E-state index < -0.39 is 49.2 Å². The zero-order valence-electron chi connectivity index (χ0n) is 31.5. The van der Waals surface area contributed by atoms with Crippen LogP contribution in [0, 0.1) is 17.0 Å². The molecule has 0 aliphatic heterocycles. The van der Waals surface area contributed by atoms with Crippen molar-refractivity contribution in [1.82, 2.24) is 10.0 Å². The number of aryl methyl sites for hydroxylation is 1. The molecular formula is C42H44N4O9S. The van der Waals surface area contributed by atoms with Gasteiger partial charge in [0.25, 0.3) is 21.6 Å². The summed E-state index contributed by atoms with van der Waals surface area (Å²) in [5.41, 5.74) is 3.59. The summed E-state index contributed by atoms with van der Waals surface area (Å²) < 4.78 is 45.7. The smallest absolute Gasteiger partial charge is 0.408 e. The van der Waals surface area contributed by atoms with Crippen molar-refractivity contribution in [2.75, 3.05) is 18.5 Å². The number of carbonyl (C=O) groups excluding carboxylic acids is 2. The van der Waals surface area contributed by atoms with Crippen molar-refractivity contribution in [2.45, 2.75) is 57.3 Å². The molecule has 5 aromatic rings. The molecule has 0 fully saturated rings. The topological polar surface area (TPSA) is 175 Å². The normalized spacial score (nSPS) is 11.9. The summed E-state index contributed by atoms with van der Waals surface area (Å²) in [5.74, 6) is 0.106.